The Labute approximate surface area is 139 Å². The van der Waals surface area contributed by atoms with Crippen molar-refractivity contribution in [2.75, 3.05) is 20.1 Å². The second-order valence-electron chi connectivity index (χ2n) is 5.74. The fraction of sp³-hybridized carbons (Fsp3) is 0.438. The van der Waals surface area contributed by atoms with Gasteiger partial charge in [0.15, 0.2) is 0 Å². The van der Waals surface area contributed by atoms with Gasteiger partial charge in [0.2, 0.25) is 0 Å². The zero-order valence-corrected chi connectivity index (χ0v) is 14.4. The second kappa shape index (κ2) is 6.51. The van der Waals surface area contributed by atoms with Crippen molar-refractivity contribution in [2.24, 2.45) is 0 Å². The summed E-state index contributed by atoms with van der Waals surface area (Å²) in [6.07, 6.45) is 7.23. The third-order valence-electron chi connectivity index (χ3n) is 4.11. The van der Waals surface area contributed by atoms with Gasteiger partial charge in [0.05, 0.1) is 0 Å². The first-order valence-electron chi connectivity index (χ1n) is 7.27. The highest BCUT2D eigenvalue weighted by Crippen LogP contribution is 2.25. The summed E-state index contributed by atoms with van der Waals surface area (Å²) in [6.45, 7) is 2.32. The molecule has 0 amide bonds. The van der Waals surface area contributed by atoms with Gasteiger partial charge < -0.3 is 9.47 Å². The molecule has 1 aromatic heterocycles. The van der Waals surface area contributed by atoms with E-state index in [9.17, 15) is 0 Å². The van der Waals surface area contributed by atoms with Crippen LogP contribution in [0.4, 0.5) is 0 Å². The van der Waals surface area contributed by atoms with Crippen LogP contribution in [0.1, 0.15) is 30.3 Å². The summed E-state index contributed by atoms with van der Waals surface area (Å²) < 4.78 is 3.37. The number of aromatic nitrogens is 2. The van der Waals surface area contributed by atoms with E-state index in [0.717, 1.165) is 34.8 Å². The van der Waals surface area contributed by atoms with Crippen molar-refractivity contribution in [2.45, 2.75) is 25.3 Å². The second-order valence-corrected chi connectivity index (χ2v) is 7.09. The van der Waals surface area contributed by atoms with Crippen LogP contribution in [0.15, 0.2) is 35.1 Å². The molecule has 5 heteroatoms. The van der Waals surface area contributed by atoms with E-state index in [-0.39, 0.29) is 0 Å². The third-order valence-corrected chi connectivity index (χ3v) is 4.79. The lowest BCUT2D eigenvalue weighted by Gasteiger charge is -2.30. The fourth-order valence-electron chi connectivity index (χ4n) is 2.98. The van der Waals surface area contributed by atoms with Crippen LogP contribution < -0.4 is 0 Å². The Morgan fingerprint density at radius 2 is 2.05 bits per heavy atom. The largest absolute Gasteiger partial charge is 0.332 e. The summed E-state index contributed by atoms with van der Waals surface area (Å²) in [6, 6.07) is 6.61. The standard InChI is InChI=1S/C16H19BrClN3/c1-20-5-2-15(3-6-20)21-7-4-19-16(21)10-12-8-13(17)11-14(18)9-12/h4,7-9,11,15H,2-3,5-6,10H2,1H3. The van der Waals surface area contributed by atoms with Gasteiger partial charge in [-0.15, -0.1) is 0 Å². The Balaban J connectivity index is 1.79. The van der Waals surface area contributed by atoms with Crippen LogP contribution in [-0.4, -0.2) is 34.6 Å². The summed E-state index contributed by atoms with van der Waals surface area (Å²) in [4.78, 5) is 6.95. The van der Waals surface area contributed by atoms with Gasteiger partial charge in [-0.1, -0.05) is 27.5 Å². The fourth-order valence-corrected chi connectivity index (χ4v) is 3.91. The Bertz CT molecular complexity index is 597. The number of hydrogen-bond acceptors (Lipinski definition) is 2. The highest BCUT2D eigenvalue weighted by Gasteiger charge is 2.20. The van der Waals surface area contributed by atoms with Gasteiger partial charge in [-0.05, 0) is 56.7 Å². The molecule has 3 rings (SSSR count). The van der Waals surface area contributed by atoms with Crippen molar-refractivity contribution in [1.82, 2.24) is 14.5 Å². The predicted molar refractivity (Wildman–Crippen MR) is 90.0 cm³/mol. The molecule has 0 N–H and O–H groups in total. The summed E-state index contributed by atoms with van der Waals surface area (Å²) >= 11 is 9.63. The Kier molecular flexibility index (Phi) is 4.67. The number of piperidine rings is 1. The summed E-state index contributed by atoms with van der Waals surface area (Å²) in [5.41, 5.74) is 1.19. The normalized spacial score (nSPS) is 17.3. The molecule has 1 aliphatic heterocycles. The van der Waals surface area contributed by atoms with Gasteiger partial charge in [-0.2, -0.15) is 0 Å². The minimum absolute atomic E-state index is 0.571. The lowest BCUT2D eigenvalue weighted by atomic mass is 10.0. The monoisotopic (exact) mass is 367 g/mol. The first-order chi connectivity index (χ1) is 10.1. The molecule has 2 aromatic rings. The summed E-state index contributed by atoms with van der Waals surface area (Å²) in [5.74, 6) is 1.12. The lowest BCUT2D eigenvalue weighted by molar-refractivity contribution is 0.219. The van der Waals surface area contributed by atoms with E-state index < -0.39 is 0 Å². The van der Waals surface area contributed by atoms with Gasteiger partial charge >= 0.3 is 0 Å². The van der Waals surface area contributed by atoms with E-state index in [2.05, 4.69) is 49.7 Å². The minimum atomic E-state index is 0.571. The van der Waals surface area contributed by atoms with Crippen LogP contribution in [0.25, 0.3) is 0 Å². The quantitative estimate of drug-likeness (QED) is 0.811. The molecule has 0 aliphatic carbocycles. The molecule has 0 unspecified atom stereocenters. The molecule has 1 aliphatic rings. The van der Waals surface area contributed by atoms with Crippen molar-refractivity contribution in [3.8, 4) is 0 Å². The Morgan fingerprint density at radius 1 is 1.29 bits per heavy atom. The van der Waals surface area contributed by atoms with Gasteiger partial charge in [0.25, 0.3) is 0 Å². The smallest absolute Gasteiger partial charge is 0.113 e. The van der Waals surface area contributed by atoms with Gasteiger partial charge in [-0.3, -0.25) is 0 Å². The molecule has 21 heavy (non-hydrogen) atoms. The maximum atomic E-state index is 6.13. The molecule has 0 radical (unpaired) electrons. The Morgan fingerprint density at radius 3 is 2.76 bits per heavy atom. The van der Waals surface area contributed by atoms with E-state index in [1.807, 2.05) is 18.3 Å². The van der Waals surface area contributed by atoms with Crippen LogP contribution in [-0.2, 0) is 6.42 Å². The highest BCUT2D eigenvalue weighted by molar-refractivity contribution is 9.10. The molecule has 3 nitrogen and oxygen atoms in total. The van der Waals surface area contributed by atoms with Crippen LogP contribution in [0.5, 0.6) is 0 Å². The van der Waals surface area contributed by atoms with E-state index in [0.29, 0.717) is 6.04 Å². The van der Waals surface area contributed by atoms with Crippen molar-refractivity contribution < 1.29 is 0 Å². The molecule has 1 aromatic carbocycles. The topological polar surface area (TPSA) is 21.1 Å². The predicted octanol–water partition coefficient (Wildman–Crippen LogP) is 4.16. The van der Waals surface area contributed by atoms with Gasteiger partial charge in [0, 0.05) is 34.4 Å². The summed E-state index contributed by atoms with van der Waals surface area (Å²) in [7, 11) is 2.19. The van der Waals surface area contributed by atoms with E-state index in [1.54, 1.807) is 0 Å². The van der Waals surface area contributed by atoms with E-state index >= 15 is 0 Å². The maximum absolute atomic E-state index is 6.13. The third kappa shape index (κ3) is 3.68. The van der Waals surface area contributed by atoms with Crippen LogP contribution in [0.2, 0.25) is 5.02 Å². The molecule has 0 saturated carbocycles. The Hall–Kier alpha value is -0.840. The number of likely N-dealkylation sites (tertiary alicyclic amines) is 1. The number of hydrogen-bond donors (Lipinski definition) is 0. The van der Waals surface area contributed by atoms with Crippen LogP contribution in [0, 0.1) is 0 Å². The minimum Gasteiger partial charge on any atom is -0.332 e. The van der Waals surface area contributed by atoms with Gasteiger partial charge in [0.1, 0.15) is 5.82 Å². The zero-order valence-electron chi connectivity index (χ0n) is 12.1. The van der Waals surface area contributed by atoms with E-state index in [4.69, 9.17) is 11.6 Å². The molecule has 0 spiro atoms. The van der Waals surface area contributed by atoms with Crippen molar-refractivity contribution in [3.05, 3.63) is 51.5 Å². The molecule has 2 heterocycles. The molecular weight excluding hydrogens is 350 g/mol. The number of benzene rings is 1. The molecule has 0 bridgehead atoms. The van der Waals surface area contributed by atoms with E-state index in [1.165, 1.54) is 18.4 Å². The van der Waals surface area contributed by atoms with Crippen molar-refractivity contribution in [3.63, 3.8) is 0 Å². The summed E-state index contributed by atoms with van der Waals surface area (Å²) in [5, 5.41) is 0.761. The number of rotatable bonds is 3. The number of nitrogens with zero attached hydrogens (tertiary/aromatic N) is 3. The first kappa shape index (κ1) is 15.1. The zero-order chi connectivity index (χ0) is 14.8. The molecule has 1 fully saturated rings. The number of halogens is 2. The van der Waals surface area contributed by atoms with Crippen molar-refractivity contribution >= 4 is 27.5 Å². The van der Waals surface area contributed by atoms with Crippen LogP contribution >= 0.6 is 27.5 Å². The molecule has 0 atom stereocenters. The van der Waals surface area contributed by atoms with Gasteiger partial charge in [-0.25, -0.2) is 4.98 Å². The maximum Gasteiger partial charge on any atom is 0.113 e. The molecular formula is C16H19BrClN3. The highest BCUT2D eigenvalue weighted by atomic mass is 79.9. The molecule has 1 saturated heterocycles. The average Bonchev–Trinajstić information content (AvgIpc) is 2.86. The first-order valence-corrected chi connectivity index (χ1v) is 8.44. The SMILES string of the molecule is CN1CCC(n2ccnc2Cc2cc(Cl)cc(Br)c2)CC1. The van der Waals surface area contributed by atoms with Crippen molar-refractivity contribution in [1.29, 1.82) is 0 Å². The average molecular weight is 369 g/mol. The van der Waals surface area contributed by atoms with Crippen LogP contribution in [0.3, 0.4) is 0 Å². The lowest BCUT2D eigenvalue weighted by Crippen LogP contribution is -2.31. The number of imidazole rings is 1. The molecule has 112 valence electrons.